The number of rotatable bonds is 5. The van der Waals surface area contributed by atoms with Crippen molar-refractivity contribution in [2.24, 2.45) is 5.11 Å². The monoisotopic (exact) mass is 247 g/mol. The van der Waals surface area contributed by atoms with Crippen LogP contribution in [0.2, 0.25) is 0 Å². The second-order valence-electron chi connectivity index (χ2n) is 3.97. The Bertz CT molecular complexity index is 575. The van der Waals surface area contributed by atoms with Gasteiger partial charge in [0.05, 0.1) is 12.4 Å². The second-order valence-corrected chi connectivity index (χ2v) is 3.97. The molecule has 6 nitrogen and oxygen atoms in total. The number of hydrogen-bond donors (Lipinski definition) is 2. The average Bonchev–Trinajstić information content (AvgIpc) is 2.85. The fourth-order valence-corrected chi connectivity index (χ4v) is 1.78. The minimum atomic E-state index is -1.00. The lowest BCUT2D eigenvalue weighted by Gasteiger charge is -2.17. The van der Waals surface area contributed by atoms with Crippen molar-refractivity contribution in [1.82, 2.24) is 0 Å². The molecule has 0 amide bonds. The van der Waals surface area contributed by atoms with Gasteiger partial charge < -0.3 is 14.6 Å². The van der Waals surface area contributed by atoms with Crippen LogP contribution in [-0.2, 0) is 0 Å². The predicted molar refractivity (Wildman–Crippen MR) is 65.8 cm³/mol. The third-order valence-electron chi connectivity index (χ3n) is 2.77. The van der Waals surface area contributed by atoms with E-state index >= 15 is 0 Å². The molecule has 2 unspecified atom stereocenters. The van der Waals surface area contributed by atoms with Crippen molar-refractivity contribution in [3.63, 3.8) is 0 Å². The molecule has 0 aliphatic rings. The van der Waals surface area contributed by atoms with E-state index < -0.39 is 12.2 Å². The van der Waals surface area contributed by atoms with E-state index in [9.17, 15) is 10.2 Å². The molecule has 6 heteroatoms. The van der Waals surface area contributed by atoms with Crippen molar-refractivity contribution in [2.75, 3.05) is 6.54 Å². The van der Waals surface area contributed by atoms with Gasteiger partial charge in [0, 0.05) is 16.8 Å². The molecule has 0 radical (unpaired) electrons. The summed E-state index contributed by atoms with van der Waals surface area (Å²) < 4.78 is 5.19. The molecule has 2 atom stereocenters. The first-order valence-electron chi connectivity index (χ1n) is 5.56. The number of aliphatic hydroxyl groups is 2. The topological polar surface area (TPSA) is 102 Å². The Hall–Kier alpha value is -2.01. The highest BCUT2D eigenvalue weighted by Crippen LogP contribution is 2.24. The summed E-state index contributed by atoms with van der Waals surface area (Å²) in [6.07, 6.45) is -0.175. The zero-order chi connectivity index (χ0) is 13.0. The van der Waals surface area contributed by atoms with Crippen molar-refractivity contribution in [3.8, 4) is 0 Å². The summed E-state index contributed by atoms with van der Waals surface area (Å²) >= 11 is 0. The lowest BCUT2D eigenvalue weighted by molar-refractivity contribution is 0.0151. The van der Waals surface area contributed by atoms with Crippen LogP contribution in [0.5, 0.6) is 0 Å². The van der Waals surface area contributed by atoms with Gasteiger partial charge in [-0.3, -0.25) is 0 Å². The van der Waals surface area contributed by atoms with Gasteiger partial charge in [-0.25, -0.2) is 0 Å². The number of aliphatic hydroxyl groups excluding tert-OH is 2. The summed E-state index contributed by atoms with van der Waals surface area (Å²) in [5, 5.41) is 23.9. The van der Waals surface area contributed by atoms with E-state index in [1.165, 1.54) is 0 Å². The Balaban J connectivity index is 2.11. The fraction of sp³-hybridized carbons (Fsp3) is 0.333. The first-order chi connectivity index (χ1) is 8.72. The normalized spacial score (nSPS) is 14.1. The van der Waals surface area contributed by atoms with E-state index in [1.807, 2.05) is 0 Å². The molecule has 2 N–H and O–H groups in total. The molecule has 2 rings (SSSR count). The van der Waals surface area contributed by atoms with E-state index in [-0.39, 0.29) is 13.0 Å². The molecule has 0 saturated heterocycles. The Kier molecular flexibility index (Phi) is 3.84. The van der Waals surface area contributed by atoms with Gasteiger partial charge in [-0.15, -0.1) is 0 Å². The SMILES string of the molecule is [N-]=[N+]=NCCC(O)C(O)c1ccc2occc2c1. The van der Waals surface area contributed by atoms with E-state index in [2.05, 4.69) is 10.0 Å². The van der Waals surface area contributed by atoms with Gasteiger partial charge in [-0.2, -0.15) is 0 Å². The number of azide groups is 1. The molecule has 94 valence electrons. The maximum Gasteiger partial charge on any atom is 0.133 e. The molecule has 2 aromatic rings. The van der Waals surface area contributed by atoms with Crippen molar-refractivity contribution in [1.29, 1.82) is 0 Å². The number of furan rings is 1. The molecule has 0 aliphatic carbocycles. The maximum atomic E-state index is 9.97. The van der Waals surface area contributed by atoms with Crippen LogP contribution >= 0.6 is 0 Å². The molecule has 18 heavy (non-hydrogen) atoms. The first kappa shape index (κ1) is 12.4. The predicted octanol–water partition coefficient (Wildman–Crippen LogP) is 2.53. The Morgan fingerprint density at radius 2 is 2.17 bits per heavy atom. The number of benzene rings is 1. The molecule has 1 heterocycles. The van der Waals surface area contributed by atoms with Crippen LogP contribution < -0.4 is 0 Å². The minimum Gasteiger partial charge on any atom is -0.464 e. The Labute approximate surface area is 103 Å². The lowest BCUT2D eigenvalue weighted by Crippen LogP contribution is -2.19. The Morgan fingerprint density at radius 1 is 1.33 bits per heavy atom. The number of hydrogen-bond acceptors (Lipinski definition) is 4. The molecule has 0 bridgehead atoms. The third-order valence-corrected chi connectivity index (χ3v) is 2.77. The molecule has 0 saturated carbocycles. The summed E-state index contributed by atoms with van der Waals surface area (Å²) in [7, 11) is 0. The van der Waals surface area contributed by atoms with Crippen molar-refractivity contribution in [2.45, 2.75) is 18.6 Å². The Morgan fingerprint density at radius 3 is 2.94 bits per heavy atom. The number of nitrogens with zero attached hydrogens (tertiary/aromatic N) is 3. The molecule has 0 aliphatic heterocycles. The molecule has 1 aromatic carbocycles. The van der Waals surface area contributed by atoms with Gasteiger partial charge in [-0.1, -0.05) is 11.2 Å². The zero-order valence-corrected chi connectivity index (χ0v) is 9.60. The van der Waals surface area contributed by atoms with Gasteiger partial charge in [0.1, 0.15) is 11.7 Å². The number of fused-ring (bicyclic) bond motifs is 1. The van der Waals surface area contributed by atoms with Crippen LogP contribution in [0.3, 0.4) is 0 Å². The molecular weight excluding hydrogens is 234 g/mol. The van der Waals surface area contributed by atoms with E-state index in [1.54, 1.807) is 30.5 Å². The van der Waals surface area contributed by atoms with Crippen molar-refractivity contribution in [3.05, 3.63) is 46.5 Å². The quantitative estimate of drug-likeness (QED) is 0.482. The van der Waals surface area contributed by atoms with Crippen LogP contribution in [0.25, 0.3) is 21.4 Å². The highest BCUT2D eigenvalue weighted by atomic mass is 16.3. The highest BCUT2D eigenvalue weighted by Gasteiger charge is 2.18. The van der Waals surface area contributed by atoms with Crippen LogP contribution in [0.4, 0.5) is 0 Å². The van der Waals surface area contributed by atoms with Crippen LogP contribution in [0.1, 0.15) is 18.1 Å². The summed E-state index contributed by atoms with van der Waals surface area (Å²) in [6.45, 7) is 0.155. The second kappa shape index (κ2) is 5.55. The zero-order valence-electron chi connectivity index (χ0n) is 9.60. The van der Waals surface area contributed by atoms with E-state index in [0.717, 1.165) is 11.0 Å². The van der Waals surface area contributed by atoms with Gasteiger partial charge in [0.2, 0.25) is 0 Å². The van der Waals surface area contributed by atoms with E-state index in [0.29, 0.717) is 5.56 Å². The van der Waals surface area contributed by atoms with Gasteiger partial charge in [-0.05, 0) is 35.7 Å². The molecular formula is C12H13N3O3. The van der Waals surface area contributed by atoms with Crippen LogP contribution in [0.15, 0.2) is 40.1 Å². The van der Waals surface area contributed by atoms with Crippen LogP contribution in [0, 0.1) is 0 Å². The smallest absolute Gasteiger partial charge is 0.133 e. The molecule has 0 spiro atoms. The highest BCUT2D eigenvalue weighted by molar-refractivity contribution is 5.77. The van der Waals surface area contributed by atoms with Crippen molar-refractivity contribution >= 4 is 11.0 Å². The standard InChI is InChI=1S/C12H13N3O3/c13-15-14-5-3-10(16)12(17)9-1-2-11-8(7-9)4-6-18-11/h1-2,4,6-7,10,12,16-17H,3,5H2. The molecule has 1 aromatic heterocycles. The van der Waals surface area contributed by atoms with Crippen molar-refractivity contribution < 1.29 is 14.6 Å². The van der Waals surface area contributed by atoms with Gasteiger partial charge in [0.15, 0.2) is 0 Å². The summed E-state index contributed by atoms with van der Waals surface area (Å²) in [5.41, 5.74) is 9.47. The minimum absolute atomic E-state index is 0.155. The first-order valence-corrected chi connectivity index (χ1v) is 5.56. The van der Waals surface area contributed by atoms with Crippen LogP contribution in [-0.4, -0.2) is 22.9 Å². The molecule has 0 fully saturated rings. The van der Waals surface area contributed by atoms with Gasteiger partial charge >= 0.3 is 0 Å². The summed E-state index contributed by atoms with van der Waals surface area (Å²) in [4.78, 5) is 2.59. The van der Waals surface area contributed by atoms with Gasteiger partial charge in [0.25, 0.3) is 0 Å². The third kappa shape index (κ3) is 2.62. The largest absolute Gasteiger partial charge is 0.464 e. The summed E-state index contributed by atoms with van der Waals surface area (Å²) in [5.74, 6) is 0. The van der Waals surface area contributed by atoms with E-state index in [4.69, 9.17) is 9.95 Å². The fourth-order valence-electron chi connectivity index (χ4n) is 1.78. The summed E-state index contributed by atoms with van der Waals surface area (Å²) in [6, 6.07) is 7.00. The average molecular weight is 247 g/mol. The maximum absolute atomic E-state index is 9.97. The lowest BCUT2D eigenvalue weighted by atomic mass is 10.0.